The summed E-state index contributed by atoms with van der Waals surface area (Å²) >= 11 is 0. The van der Waals surface area contributed by atoms with Gasteiger partial charge in [-0.15, -0.1) is 0 Å². The van der Waals surface area contributed by atoms with Crippen molar-refractivity contribution in [3.63, 3.8) is 0 Å². The molecule has 0 fully saturated rings. The standard InChI is InChI=1S/C20H32O2/c1-5-6-7-8-9-10-13-21-18-14-16(2)19-17(15-18)11-12-20(3,4)22-19/h14-15H,5-13H2,1-4H3. The third kappa shape index (κ3) is 4.93. The number of hydrogen-bond acceptors (Lipinski definition) is 2. The molecular formula is C20H32O2. The number of unbranched alkanes of at least 4 members (excludes halogenated alkanes) is 5. The van der Waals surface area contributed by atoms with E-state index in [2.05, 4.69) is 39.8 Å². The average molecular weight is 304 g/mol. The maximum Gasteiger partial charge on any atom is 0.126 e. The van der Waals surface area contributed by atoms with E-state index in [-0.39, 0.29) is 5.60 Å². The van der Waals surface area contributed by atoms with Gasteiger partial charge in [0, 0.05) is 0 Å². The predicted molar refractivity (Wildman–Crippen MR) is 93.1 cm³/mol. The average Bonchev–Trinajstić information content (AvgIpc) is 2.47. The minimum Gasteiger partial charge on any atom is -0.494 e. The monoisotopic (exact) mass is 304 g/mol. The third-order valence-electron chi connectivity index (χ3n) is 4.47. The van der Waals surface area contributed by atoms with Crippen molar-refractivity contribution in [3.05, 3.63) is 23.3 Å². The van der Waals surface area contributed by atoms with Crippen LogP contribution in [0, 0.1) is 6.92 Å². The fourth-order valence-electron chi connectivity index (χ4n) is 3.06. The molecule has 0 bridgehead atoms. The molecule has 1 aromatic rings. The Morgan fingerprint density at radius 1 is 1.09 bits per heavy atom. The van der Waals surface area contributed by atoms with Crippen LogP contribution in [0.15, 0.2) is 12.1 Å². The molecule has 22 heavy (non-hydrogen) atoms. The quantitative estimate of drug-likeness (QED) is 0.562. The summed E-state index contributed by atoms with van der Waals surface area (Å²) in [6.45, 7) is 9.54. The minimum absolute atomic E-state index is 0.0430. The van der Waals surface area contributed by atoms with Gasteiger partial charge in [-0.05, 0) is 63.3 Å². The summed E-state index contributed by atoms with van der Waals surface area (Å²) in [5.74, 6) is 2.08. The number of fused-ring (bicyclic) bond motifs is 1. The highest BCUT2D eigenvalue weighted by Crippen LogP contribution is 2.38. The van der Waals surface area contributed by atoms with Gasteiger partial charge in [0.15, 0.2) is 0 Å². The maximum absolute atomic E-state index is 6.13. The van der Waals surface area contributed by atoms with Gasteiger partial charge in [-0.1, -0.05) is 39.0 Å². The smallest absolute Gasteiger partial charge is 0.126 e. The first-order chi connectivity index (χ1) is 10.5. The Morgan fingerprint density at radius 3 is 2.59 bits per heavy atom. The van der Waals surface area contributed by atoms with Crippen LogP contribution in [-0.2, 0) is 6.42 Å². The Kier molecular flexibility index (Phi) is 6.16. The van der Waals surface area contributed by atoms with E-state index in [1.54, 1.807) is 0 Å². The molecule has 2 rings (SSSR count). The molecule has 1 aliphatic rings. The van der Waals surface area contributed by atoms with Crippen molar-refractivity contribution < 1.29 is 9.47 Å². The maximum atomic E-state index is 6.13. The summed E-state index contributed by atoms with van der Waals surface area (Å²) in [5.41, 5.74) is 2.46. The van der Waals surface area contributed by atoms with Crippen LogP contribution in [0.1, 0.15) is 76.8 Å². The van der Waals surface area contributed by atoms with Crippen molar-refractivity contribution in [3.8, 4) is 11.5 Å². The number of hydrogen-bond donors (Lipinski definition) is 0. The van der Waals surface area contributed by atoms with Gasteiger partial charge >= 0.3 is 0 Å². The summed E-state index contributed by atoms with van der Waals surface area (Å²) < 4.78 is 12.1. The normalized spacial score (nSPS) is 16.0. The predicted octanol–water partition coefficient (Wildman–Crippen LogP) is 5.84. The Morgan fingerprint density at radius 2 is 1.82 bits per heavy atom. The van der Waals surface area contributed by atoms with Gasteiger partial charge in [0.25, 0.3) is 0 Å². The van der Waals surface area contributed by atoms with E-state index >= 15 is 0 Å². The molecule has 0 radical (unpaired) electrons. The molecule has 0 amide bonds. The lowest BCUT2D eigenvalue weighted by molar-refractivity contribution is 0.0834. The Balaban J connectivity index is 1.82. The van der Waals surface area contributed by atoms with E-state index in [1.807, 2.05) is 0 Å². The van der Waals surface area contributed by atoms with Crippen LogP contribution >= 0.6 is 0 Å². The van der Waals surface area contributed by atoms with Gasteiger partial charge in [0.2, 0.25) is 0 Å². The summed E-state index contributed by atoms with van der Waals surface area (Å²) in [5, 5.41) is 0. The van der Waals surface area contributed by atoms with Gasteiger partial charge in [-0.3, -0.25) is 0 Å². The van der Waals surface area contributed by atoms with Crippen LogP contribution in [0.5, 0.6) is 11.5 Å². The van der Waals surface area contributed by atoms with Crippen LogP contribution in [0.3, 0.4) is 0 Å². The highest BCUT2D eigenvalue weighted by molar-refractivity contribution is 5.48. The first kappa shape index (κ1) is 17.2. The zero-order chi connectivity index (χ0) is 16.0. The van der Waals surface area contributed by atoms with Crippen molar-refractivity contribution in [2.45, 2.75) is 84.7 Å². The van der Waals surface area contributed by atoms with Crippen molar-refractivity contribution in [1.82, 2.24) is 0 Å². The topological polar surface area (TPSA) is 18.5 Å². The van der Waals surface area contributed by atoms with Crippen LogP contribution in [-0.4, -0.2) is 12.2 Å². The van der Waals surface area contributed by atoms with Crippen molar-refractivity contribution in [1.29, 1.82) is 0 Å². The van der Waals surface area contributed by atoms with Gasteiger partial charge in [0.05, 0.1) is 6.61 Å². The summed E-state index contributed by atoms with van der Waals surface area (Å²) in [6.07, 6.45) is 9.96. The second-order valence-corrected chi connectivity index (χ2v) is 7.21. The fraction of sp³-hybridized carbons (Fsp3) is 0.700. The van der Waals surface area contributed by atoms with Gasteiger partial charge in [-0.2, -0.15) is 0 Å². The summed E-state index contributed by atoms with van der Waals surface area (Å²) in [7, 11) is 0. The summed E-state index contributed by atoms with van der Waals surface area (Å²) in [6, 6.07) is 4.30. The first-order valence-corrected chi connectivity index (χ1v) is 8.97. The van der Waals surface area contributed by atoms with Gasteiger partial charge in [0.1, 0.15) is 17.1 Å². The zero-order valence-corrected chi connectivity index (χ0v) is 14.8. The molecule has 124 valence electrons. The molecule has 1 aliphatic heterocycles. The lowest BCUT2D eigenvalue weighted by atomic mass is 9.93. The molecule has 0 aliphatic carbocycles. The highest BCUT2D eigenvalue weighted by atomic mass is 16.5. The van der Waals surface area contributed by atoms with Crippen molar-refractivity contribution in [2.75, 3.05) is 6.61 Å². The van der Waals surface area contributed by atoms with Crippen LogP contribution in [0.25, 0.3) is 0 Å². The molecular weight excluding hydrogens is 272 g/mol. The molecule has 2 heteroatoms. The molecule has 1 aromatic carbocycles. The largest absolute Gasteiger partial charge is 0.494 e. The van der Waals surface area contributed by atoms with Gasteiger partial charge < -0.3 is 9.47 Å². The van der Waals surface area contributed by atoms with Crippen LogP contribution in [0.4, 0.5) is 0 Å². The van der Waals surface area contributed by atoms with E-state index in [0.717, 1.165) is 37.4 Å². The lowest BCUT2D eigenvalue weighted by Crippen LogP contribution is -2.33. The number of rotatable bonds is 8. The van der Waals surface area contributed by atoms with E-state index in [0.29, 0.717) is 0 Å². The molecule has 0 spiro atoms. The second-order valence-electron chi connectivity index (χ2n) is 7.21. The molecule has 0 N–H and O–H groups in total. The molecule has 0 saturated carbocycles. The van der Waals surface area contributed by atoms with E-state index < -0.39 is 0 Å². The molecule has 0 aromatic heterocycles. The molecule has 2 nitrogen and oxygen atoms in total. The zero-order valence-electron chi connectivity index (χ0n) is 14.8. The van der Waals surface area contributed by atoms with E-state index in [4.69, 9.17) is 9.47 Å². The van der Waals surface area contributed by atoms with Crippen LogP contribution in [0.2, 0.25) is 0 Å². The Hall–Kier alpha value is -1.18. The van der Waals surface area contributed by atoms with Crippen molar-refractivity contribution >= 4 is 0 Å². The molecule has 1 heterocycles. The Bertz CT molecular complexity index is 477. The van der Waals surface area contributed by atoms with E-state index in [9.17, 15) is 0 Å². The first-order valence-electron chi connectivity index (χ1n) is 8.97. The van der Waals surface area contributed by atoms with E-state index in [1.165, 1.54) is 43.2 Å². The SMILES string of the molecule is CCCCCCCCOc1cc(C)c2c(c1)CCC(C)(C)O2. The highest BCUT2D eigenvalue weighted by Gasteiger charge is 2.28. The molecule has 0 atom stereocenters. The van der Waals surface area contributed by atoms with Crippen LogP contribution < -0.4 is 9.47 Å². The molecule has 0 saturated heterocycles. The second kappa shape index (κ2) is 7.89. The number of aryl methyl sites for hydroxylation is 2. The minimum atomic E-state index is -0.0430. The fourth-order valence-corrected chi connectivity index (χ4v) is 3.06. The lowest BCUT2D eigenvalue weighted by Gasteiger charge is -2.33. The third-order valence-corrected chi connectivity index (χ3v) is 4.47. The number of benzene rings is 1. The summed E-state index contributed by atoms with van der Waals surface area (Å²) in [4.78, 5) is 0. The molecule has 0 unspecified atom stereocenters. The van der Waals surface area contributed by atoms with Crippen molar-refractivity contribution in [2.24, 2.45) is 0 Å². The van der Waals surface area contributed by atoms with Gasteiger partial charge in [-0.25, -0.2) is 0 Å². The Labute approximate surface area is 136 Å². The number of ether oxygens (including phenoxy) is 2.